The minimum Gasteiger partial charge on any atom is -0.462 e. The van der Waals surface area contributed by atoms with E-state index in [-0.39, 0.29) is 18.2 Å². The summed E-state index contributed by atoms with van der Waals surface area (Å²) >= 11 is 0. The molecule has 0 unspecified atom stereocenters. The third kappa shape index (κ3) is 4.88. The van der Waals surface area contributed by atoms with Gasteiger partial charge in [0, 0.05) is 19.8 Å². The summed E-state index contributed by atoms with van der Waals surface area (Å²) in [6, 6.07) is 0. The Morgan fingerprint density at radius 1 is 1.57 bits per heavy atom. The van der Waals surface area contributed by atoms with Crippen LogP contribution in [0.25, 0.3) is 0 Å². The maximum Gasteiger partial charge on any atom is 0.302 e. The second-order valence-electron chi connectivity index (χ2n) is 3.16. The van der Waals surface area contributed by atoms with Crippen molar-refractivity contribution in [1.29, 1.82) is 0 Å². The first kappa shape index (κ1) is 13.0. The molecule has 1 saturated heterocycles. The van der Waals surface area contributed by atoms with Gasteiger partial charge in [0.2, 0.25) is 0 Å². The Labute approximate surface area is 85.8 Å². The number of carbonyl (C=O) groups excluding carboxylic acids is 1. The Balaban J connectivity index is 0.000000791. The molecule has 1 aliphatic rings. The molecule has 0 aliphatic carbocycles. The molecule has 0 aromatic carbocycles. The van der Waals surface area contributed by atoms with E-state index in [9.17, 15) is 4.79 Å². The zero-order chi connectivity index (χ0) is 11.0. The van der Waals surface area contributed by atoms with Crippen LogP contribution in [0.2, 0.25) is 0 Å². The number of ether oxygens (including phenoxy) is 2. The summed E-state index contributed by atoms with van der Waals surface area (Å²) in [6.45, 7) is 4.26. The average Bonchev–Trinajstić information content (AvgIpc) is 2.20. The van der Waals surface area contributed by atoms with Crippen molar-refractivity contribution in [1.82, 2.24) is 0 Å². The van der Waals surface area contributed by atoms with Crippen molar-refractivity contribution < 1.29 is 14.3 Å². The van der Waals surface area contributed by atoms with Gasteiger partial charge in [0.05, 0.1) is 12.7 Å². The predicted molar refractivity (Wildman–Crippen MR) is 54.7 cm³/mol. The zero-order valence-electron chi connectivity index (χ0n) is 8.86. The second-order valence-corrected chi connectivity index (χ2v) is 3.16. The predicted octanol–water partition coefficient (Wildman–Crippen LogP) is 1.76. The first-order valence-electron chi connectivity index (χ1n) is 4.84. The van der Waals surface area contributed by atoms with E-state index >= 15 is 0 Å². The topological polar surface area (TPSA) is 35.5 Å². The molecule has 0 radical (unpaired) electrons. The van der Waals surface area contributed by atoms with E-state index in [4.69, 9.17) is 9.47 Å². The van der Waals surface area contributed by atoms with Crippen molar-refractivity contribution in [3.63, 3.8) is 0 Å². The van der Waals surface area contributed by atoms with Gasteiger partial charge in [-0.05, 0) is 6.42 Å². The Bertz CT molecular complexity index is 186. The van der Waals surface area contributed by atoms with Crippen LogP contribution in [-0.4, -0.2) is 24.8 Å². The van der Waals surface area contributed by atoms with Gasteiger partial charge in [-0.2, -0.15) is 0 Å². The monoisotopic (exact) mass is 198 g/mol. The minimum absolute atomic E-state index is 0.0844. The number of hydrogen-bond donors (Lipinski definition) is 0. The van der Waals surface area contributed by atoms with Crippen LogP contribution in [0.4, 0.5) is 0 Å². The third-order valence-electron chi connectivity index (χ3n) is 2.11. The van der Waals surface area contributed by atoms with Gasteiger partial charge in [-0.25, -0.2) is 0 Å². The van der Waals surface area contributed by atoms with Crippen LogP contribution in [-0.2, 0) is 14.3 Å². The van der Waals surface area contributed by atoms with Crippen molar-refractivity contribution >= 4 is 5.97 Å². The molecule has 3 heteroatoms. The molecule has 3 nitrogen and oxygen atoms in total. The van der Waals surface area contributed by atoms with Gasteiger partial charge in [-0.15, -0.1) is 12.8 Å². The summed E-state index contributed by atoms with van der Waals surface area (Å²) in [4.78, 5) is 10.6. The van der Waals surface area contributed by atoms with Crippen molar-refractivity contribution in [3.05, 3.63) is 0 Å². The summed E-state index contributed by atoms with van der Waals surface area (Å²) in [5, 5.41) is 0. The number of hydrogen-bond acceptors (Lipinski definition) is 3. The SMILES string of the molecule is C#C.CC[C@@H]1C[C@H](OC(C)=O)CCO1. The first-order chi connectivity index (χ1) is 6.72. The number of rotatable bonds is 2. The van der Waals surface area contributed by atoms with E-state index in [1.165, 1.54) is 6.92 Å². The molecular weight excluding hydrogens is 180 g/mol. The van der Waals surface area contributed by atoms with Crippen LogP contribution < -0.4 is 0 Å². The lowest BCUT2D eigenvalue weighted by Crippen LogP contribution is -2.31. The van der Waals surface area contributed by atoms with E-state index in [0.29, 0.717) is 0 Å². The fourth-order valence-corrected chi connectivity index (χ4v) is 1.47. The van der Waals surface area contributed by atoms with Crippen LogP contribution in [0.5, 0.6) is 0 Å². The Hall–Kier alpha value is -1.01. The molecule has 1 heterocycles. The molecule has 0 N–H and O–H groups in total. The van der Waals surface area contributed by atoms with Gasteiger partial charge < -0.3 is 9.47 Å². The summed E-state index contributed by atoms with van der Waals surface area (Å²) in [7, 11) is 0. The maximum absolute atomic E-state index is 10.6. The molecule has 80 valence electrons. The highest BCUT2D eigenvalue weighted by atomic mass is 16.6. The van der Waals surface area contributed by atoms with Gasteiger partial charge in [0.25, 0.3) is 0 Å². The van der Waals surface area contributed by atoms with Crippen LogP contribution in [0.3, 0.4) is 0 Å². The van der Waals surface area contributed by atoms with Crippen LogP contribution in [0.1, 0.15) is 33.1 Å². The van der Waals surface area contributed by atoms with E-state index < -0.39 is 0 Å². The van der Waals surface area contributed by atoms with Crippen LogP contribution >= 0.6 is 0 Å². The molecule has 0 bridgehead atoms. The minimum atomic E-state index is -0.184. The average molecular weight is 198 g/mol. The summed E-state index contributed by atoms with van der Waals surface area (Å²) in [5.74, 6) is -0.184. The summed E-state index contributed by atoms with van der Waals surface area (Å²) < 4.78 is 10.6. The van der Waals surface area contributed by atoms with Gasteiger partial charge >= 0.3 is 5.97 Å². The molecule has 0 aromatic heterocycles. The van der Waals surface area contributed by atoms with E-state index in [2.05, 4.69) is 19.8 Å². The molecule has 1 rings (SSSR count). The highest BCUT2D eigenvalue weighted by Crippen LogP contribution is 2.18. The molecule has 14 heavy (non-hydrogen) atoms. The molecule has 0 amide bonds. The van der Waals surface area contributed by atoms with Crippen LogP contribution in [0.15, 0.2) is 0 Å². The lowest BCUT2D eigenvalue weighted by molar-refractivity contribution is -0.153. The van der Waals surface area contributed by atoms with Gasteiger partial charge in [-0.1, -0.05) is 6.92 Å². The van der Waals surface area contributed by atoms with Crippen molar-refractivity contribution in [2.24, 2.45) is 0 Å². The summed E-state index contributed by atoms with van der Waals surface area (Å²) in [6.07, 6.45) is 11.1. The Morgan fingerprint density at radius 3 is 2.71 bits per heavy atom. The standard InChI is InChI=1S/C9H16O3.C2H2/c1-3-8-6-9(4-5-11-8)12-7(2)10;1-2/h8-9H,3-6H2,1-2H3;1-2H/t8-,9-;/m1./s1. The van der Waals surface area contributed by atoms with Crippen LogP contribution in [0, 0.1) is 12.8 Å². The smallest absolute Gasteiger partial charge is 0.302 e. The highest BCUT2D eigenvalue weighted by Gasteiger charge is 2.22. The quantitative estimate of drug-likeness (QED) is 0.501. The van der Waals surface area contributed by atoms with Gasteiger partial charge in [0.1, 0.15) is 6.10 Å². The molecule has 2 atom stereocenters. The zero-order valence-corrected chi connectivity index (χ0v) is 8.86. The van der Waals surface area contributed by atoms with E-state index in [1.807, 2.05) is 0 Å². The molecule has 1 aliphatic heterocycles. The normalized spacial score (nSPS) is 25.7. The Morgan fingerprint density at radius 2 is 2.21 bits per heavy atom. The van der Waals surface area contributed by atoms with Crippen molar-refractivity contribution in [2.45, 2.75) is 45.3 Å². The fraction of sp³-hybridized carbons (Fsp3) is 0.727. The number of terminal acetylenes is 1. The molecule has 0 spiro atoms. The molecule has 1 fully saturated rings. The van der Waals surface area contributed by atoms with Crippen molar-refractivity contribution in [3.8, 4) is 12.8 Å². The first-order valence-corrected chi connectivity index (χ1v) is 4.84. The van der Waals surface area contributed by atoms with Gasteiger partial charge in [-0.3, -0.25) is 4.79 Å². The largest absolute Gasteiger partial charge is 0.462 e. The third-order valence-corrected chi connectivity index (χ3v) is 2.11. The highest BCUT2D eigenvalue weighted by molar-refractivity contribution is 5.66. The van der Waals surface area contributed by atoms with E-state index in [1.54, 1.807) is 0 Å². The number of esters is 1. The summed E-state index contributed by atoms with van der Waals surface area (Å²) in [5.41, 5.74) is 0. The number of carbonyl (C=O) groups is 1. The maximum atomic E-state index is 10.6. The van der Waals surface area contributed by atoms with Crippen molar-refractivity contribution in [2.75, 3.05) is 6.61 Å². The molecule has 0 saturated carbocycles. The Kier molecular flexibility index (Phi) is 6.87. The van der Waals surface area contributed by atoms with E-state index in [0.717, 1.165) is 25.9 Å². The molecule has 0 aromatic rings. The van der Waals surface area contributed by atoms with Gasteiger partial charge in [0.15, 0.2) is 0 Å². The lowest BCUT2D eigenvalue weighted by Gasteiger charge is -2.28. The fourth-order valence-electron chi connectivity index (χ4n) is 1.47. The molecular formula is C11H18O3. The lowest BCUT2D eigenvalue weighted by atomic mass is 10.0. The second kappa shape index (κ2) is 7.40.